The fourth-order valence-electron chi connectivity index (χ4n) is 2.70. The van der Waals surface area contributed by atoms with Crippen molar-refractivity contribution in [2.75, 3.05) is 18.1 Å². The van der Waals surface area contributed by atoms with Crippen molar-refractivity contribution in [3.8, 4) is 0 Å². The molecule has 2 unspecified atom stereocenters. The Morgan fingerprint density at radius 1 is 1.46 bits per heavy atom. The van der Waals surface area contributed by atoms with Crippen LogP contribution in [-0.2, 0) is 19.4 Å². The third kappa shape index (κ3) is 4.60. The molecule has 2 atom stereocenters. The molecule has 2 rings (SSSR count). The third-order valence-electron chi connectivity index (χ3n) is 4.06. The second kappa shape index (κ2) is 7.69. The van der Waals surface area contributed by atoms with Crippen LogP contribution >= 0.6 is 15.9 Å². The van der Waals surface area contributed by atoms with Gasteiger partial charge in [-0.05, 0) is 47.8 Å². The Bertz CT molecular complexity index is 713. The van der Waals surface area contributed by atoms with Gasteiger partial charge in [0, 0.05) is 12.1 Å². The van der Waals surface area contributed by atoms with Crippen LogP contribution < -0.4 is 0 Å². The van der Waals surface area contributed by atoms with Gasteiger partial charge < -0.3 is 14.1 Å². The van der Waals surface area contributed by atoms with Crippen molar-refractivity contribution in [3.05, 3.63) is 22.6 Å². The van der Waals surface area contributed by atoms with E-state index in [1.54, 1.807) is 6.07 Å². The molecule has 1 aromatic heterocycles. The molecule has 0 spiro atoms. The van der Waals surface area contributed by atoms with Gasteiger partial charge in [-0.1, -0.05) is 6.92 Å². The molecule has 0 aliphatic carbocycles. The SMILES string of the molecule is CCC(C)N(C(=O)COC(=O)c1ccc(Br)o1)C1CCS(=O)(=O)C1. The van der Waals surface area contributed by atoms with Crippen molar-refractivity contribution in [1.82, 2.24) is 4.90 Å². The van der Waals surface area contributed by atoms with Crippen LogP contribution in [0.4, 0.5) is 0 Å². The molecule has 7 nitrogen and oxygen atoms in total. The van der Waals surface area contributed by atoms with Crippen LogP contribution in [0.2, 0.25) is 0 Å². The molecule has 1 amide bonds. The van der Waals surface area contributed by atoms with E-state index in [9.17, 15) is 18.0 Å². The number of rotatable bonds is 6. The van der Waals surface area contributed by atoms with Crippen molar-refractivity contribution >= 4 is 37.6 Å². The van der Waals surface area contributed by atoms with Gasteiger partial charge in [-0.25, -0.2) is 13.2 Å². The summed E-state index contributed by atoms with van der Waals surface area (Å²) in [5, 5.41) is 0. The largest absolute Gasteiger partial charge is 0.450 e. The molecule has 1 fully saturated rings. The van der Waals surface area contributed by atoms with E-state index in [2.05, 4.69) is 15.9 Å². The minimum Gasteiger partial charge on any atom is -0.450 e. The number of carbonyl (C=O) groups is 2. The van der Waals surface area contributed by atoms with Crippen LogP contribution in [0.5, 0.6) is 0 Å². The average Bonchev–Trinajstić information content (AvgIpc) is 3.10. The Morgan fingerprint density at radius 2 is 2.17 bits per heavy atom. The molecule has 1 aliphatic rings. The van der Waals surface area contributed by atoms with Gasteiger partial charge in [0.1, 0.15) is 0 Å². The minimum atomic E-state index is -3.11. The van der Waals surface area contributed by atoms with E-state index in [0.717, 1.165) is 0 Å². The van der Waals surface area contributed by atoms with E-state index in [1.165, 1.54) is 11.0 Å². The zero-order chi connectivity index (χ0) is 17.9. The number of carbonyl (C=O) groups excluding carboxylic acids is 2. The second-order valence-corrected chi connectivity index (χ2v) is 8.81. The van der Waals surface area contributed by atoms with E-state index in [1.807, 2.05) is 13.8 Å². The minimum absolute atomic E-state index is 0.00629. The maximum absolute atomic E-state index is 12.5. The lowest BCUT2D eigenvalue weighted by atomic mass is 10.1. The Hall–Kier alpha value is -1.35. The third-order valence-corrected chi connectivity index (χ3v) is 6.23. The van der Waals surface area contributed by atoms with Gasteiger partial charge in [0.15, 0.2) is 21.1 Å². The molecule has 9 heteroatoms. The number of furan rings is 1. The Labute approximate surface area is 149 Å². The fourth-order valence-corrected chi connectivity index (χ4v) is 4.72. The number of esters is 1. The second-order valence-electron chi connectivity index (χ2n) is 5.80. The summed E-state index contributed by atoms with van der Waals surface area (Å²) in [6.07, 6.45) is 1.10. The highest BCUT2D eigenvalue weighted by Gasteiger charge is 2.36. The van der Waals surface area contributed by atoms with E-state index < -0.39 is 28.3 Å². The zero-order valence-electron chi connectivity index (χ0n) is 13.5. The van der Waals surface area contributed by atoms with Gasteiger partial charge in [0.25, 0.3) is 5.91 Å². The van der Waals surface area contributed by atoms with E-state index in [0.29, 0.717) is 17.5 Å². The average molecular weight is 422 g/mol. The number of nitrogens with zero attached hydrogens (tertiary/aromatic N) is 1. The maximum Gasteiger partial charge on any atom is 0.374 e. The molecule has 0 saturated carbocycles. The molecule has 24 heavy (non-hydrogen) atoms. The standard InChI is InChI=1S/C15H20BrNO6S/c1-3-10(2)17(11-6-7-24(20,21)9-11)14(18)8-22-15(19)12-4-5-13(16)23-12/h4-5,10-11H,3,6-9H2,1-2H3. The molecule has 1 aliphatic heterocycles. The quantitative estimate of drug-likeness (QED) is 0.652. The summed E-state index contributed by atoms with van der Waals surface area (Å²) < 4.78 is 33.8. The molecular weight excluding hydrogens is 402 g/mol. The molecule has 1 saturated heterocycles. The molecule has 0 radical (unpaired) electrons. The monoisotopic (exact) mass is 421 g/mol. The summed E-state index contributed by atoms with van der Waals surface area (Å²) in [6, 6.07) is 2.49. The molecule has 1 aromatic rings. The Kier molecular flexibility index (Phi) is 6.08. The molecule has 0 bridgehead atoms. The summed E-state index contributed by atoms with van der Waals surface area (Å²) in [6.45, 7) is 3.33. The lowest BCUT2D eigenvalue weighted by molar-refractivity contribution is -0.138. The van der Waals surface area contributed by atoms with Gasteiger partial charge in [-0.3, -0.25) is 4.79 Å². The number of ether oxygens (including phenoxy) is 1. The first kappa shape index (κ1) is 19.0. The van der Waals surface area contributed by atoms with Crippen molar-refractivity contribution < 1.29 is 27.2 Å². The topological polar surface area (TPSA) is 93.9 Å². The first-order valence-electron chi connectivity index (χ1n) is 7.67. The Morgan fingerprint density at radius 3 is 2.67 bits per heavy atom. The van der Waals surface area contributed by atoms with Gasteiger partial charge in [0.2, 0.25) is 5.76 Å². The maximum atomic E-state index is 12.5. The summed E-state index contributed by atoms with van der Waals surface area (Å²) >= 11 is 3.08. The van der Waals surface area contributed by atoms with E-state index in [-0.39, 0.29) is 29.3 Å². The number of hydrogen-bond acceptors (Lipinski definition) is 6. The first-order valence-corrected chi connectivity index (χ1v) is 10.3. The normalized spacial score (nSPS) is 20.5. The van der Waals surface area contributed by atoms with Crippen molar-refractivity contribution in [2.24, 2.45) is 0 Å². The van der Waals surface area contributed by atoms with Crippen LogP contribution in [0, 0.1) is 0 Å². The number of halogens is 1. The number of sulfone groups is 1. The van der Waals surface area contributed by atoms with Crippen LogP contribution in [0.1, 0.15) is 37.2 Å². The lowest BCUT2D eigenvalue weighted by Gasteiger charge is -2.33. The highest BCUT2D eigenvalue weighted by molar-refractivity contribution is 9.10. The molecule has 2 heterocycles. The molecule has 134 valence electrons. The van der Waals surface area contributed by atoms with Crippen LogP contribution in [0.25, 0.3) is 0 Å². The first-order chi connectivity index (χ1) is 11.2. The van der Waals surface area contributed by atoms with Gasteiger partial charge in [-0.15, -0.1) is 0 Å². The van der Waals surface area contributed by atoms with Crippen molar-refractivity contribution in [3.63, 3.8) is 0 Å². The van der Waals surface area contributed by atoms with Gasteiger partial charge in [0.05, 0.1) is 11.5 Å². The predicted molar refractivity (Wildman–Crippen MR) is 90.3 cm³/mol. The highest BCUT2D eigenvalue weighted by atomic mass is 79.9. The fraction of sp³-hybridized carbons (Fsp3) is 0.600. The van der Waals surface area contributed by atoms with Gasteiger partial charge in [-0.2, -0.15) is 0 Å². The van der Waals surface area contributed by atoms with Crippen molar-refractivity contribution in [1.29, 1.82) is 0 Å². The van der Waals surface area contributed by atoms with E-state index in [4.69, 9.17) is 9.15 Å². The number of amides is 1. The lowest BCUT2D eigenvalue weighted by Crippen LogP contribution is -2.48. The van der Waals surface area contributed by atoms with Crippen LogP contribution in [0.15, 0.2) is 21.2 Å². The molecule has 0 N–H and O–H groups in total. The number of hydrogen-bond donors (Lipinski definition) is 0. The van der Waals surface area contributed by atoms with Crippen molar-refractivity contribution in [2.45, 2.75) is 38.8 Å². The zero-order valence-corrected chi connectivity index (χ0v) is 15.9. The Balaban J connectivity index is 2.01. The summed E-state index contributed by atoms with van der Waals surface area (Å²) in [5.74, 6) is -1.10. The van der Waals surface area contributed by atoms with E-state index >= 15 is 0 Å². The van der Waals surface area contributed by atoms with Crippen LogP contribution in [-0.4, -0.2) is 55.4 Å². The van der Waals surface area contributed by atoms with Crippen LogP contribution in [0.3, 0.4) is 0 Å². The smallest absolute Gasteiger partial charge is 0.374 e. The highest BCUT2D eigenvalue weighted by Crippen LogP contribution is 2.22. The molecular formula is C15H20BrNO6S. The summed E-state index contributed by atoms with van der Waals surface area (Å²) in [4.78, 5) is 25.9. The predicted octanol–water partition coefficient (Wildman–Crippen LogP) is 2.01. The summed E-state index contributed by atoms with van der Waals surface area (Å²) in [5.41, 5.74) is 0. The van der Waals surface area contributed by atoms with Gasteiger partial charge >= 0.3 is 5.97 Å². The molecule has 0 aromatic carbocycles. The summed E-state index contributed by atoms with van der Waals surface area (Å²) in [7, 11) is -3.11.